The van der Waals surface area contributed by atoms with Crippen LogP contribution in [0.15, 0.2) is 0 Å². The van der Waals surface area contributed by atoms with E-state index in [1.165, 1.54) is 0 Å². The third kappa shape index (κ3) is 2.43. The van der Waals surface area contributed by atoms with E-state index in [-0.39, 0.29) is 0 Å². The van der Waals surface area contributed by atoms with Crippen LogP contribution in [0.25, 0.3) is 0 Å². The highest BCUT2D eigenvalue weighted by molar-refractivity contribution is 8.02. The van der Waals surface area contributed by atoms with Crippen LogP contribution in [0.1, 0.15) is 13.3 Å². The van der Waals surface area contributed by atoms with Crippen LogP contribution in [0, 0.1) is 0 Å². The van der Waals surface area contributed by atoms with Crippen LogP contribution >= 0.6 is 0 Å². The Morgan fingerprint density at radius 2 is 2.00 bits per heavy atom. The fraction of sp³-hybridized carbons (Fsp3) is 1.00. The topological polar surface area (TPSA) is 37.3 Å². The van der Waals surface area contributed by atoms with Crippen LogP contribution < -0.4 is 0 Å². The van der Waals surface area contributed by atoms with Gasteiger partial charge in [-0.2, -0.15) is 0 Å². The van der Waals surface area contributed by atoms with E-state index in [0.29, 0.717) is 6.42 Å². The van der Waals surface area contributed by atoms with E-state index in [4.69, 9.17) is 5.11 Å². The van der Waals surface area contributed by atoms with Gasteiger partial charge in [0.25, 0.3) is 0 Å². The van der Waals surface area contributed by atoms with Gasteiger partial charge in [-0.05, 0) is 18.9 Å². The van der Waals surface area contributed by atoms with E-state index < -0.39 is 15.4 Å². The summed E-state index contributed by atoms with van der Waals surface area (Å²) >= 11 is 0. The zero-order valence-electron chi connectivity index (χ0n) is 5.59. The Labute approximate surface area is 51.3 Å². The Hall–Kier alpha value is 0.110. The maximum atomic E-state index is 10.9. The first-order valence-electron chi connectivity index (χ1n) is 2.71. The number of aliphatic hydroxyl groups excluding tert-OH is 1. The first-order chi connectivity index (χ1) is 3.48. The van der Waals surface area contributed by atoms with Crippen molar-refractivity contribution in [2.24, 2.45) is 0 Å². The number of thiol groups is 1. The molecule has 0 saturated carbocycles. The number of aliphatic hydroxyl groups is 1. The van der Waals surface area contributed by atoms with Crippen LogP contribution in [0.2, 0.25) is 0 Å². The molecule has 1 unspecified atom stereocenters. The van der Waals surface area contributed by atoms with Crippen molar-refractivity contribution in [3.8, 4) is 0 Å². The molecule has 1 atom stereocenters. The van der Waals surface area contributed by atoms with E-state index in [2.05, 4.69) is 0 Å². The normalized spacial score (nSPS) is 18.0. The summed E-state index contributed by atoms with van der Waals surface area (Å²) in [5.41, 5.74) is -0.595. The highest BCUT2D eigenvalue weighted by Gasteiger charge is 2.10. The molecule has 0 aromatic heterocycles. The zero-order chi connectivity index (χ0) is 6.78. The predicted molar refractivity (Wildman–Crippen MR) is 37.7 cm³/mol. The van der Waals surface area contributed by atoms with Gasteiger partial charge in [-0.3, -0.25) is 4.21 Å². The molecule has 0 aliphatic heterocycles. The molecule has 52 valence electrons. The van der Waals surface area contributed by atoms with Gasteiger partial charge in [0, 0.05) is 0 Å². The van der Waals surface area contributed by atoms with Crippen LogP contribution in [0.5, 0.6) is 0 Å². The molecule has 0 spiro atoms. The fourth-order valence-electron chi connectivity index (χ4n) is 0.440. The summed E-state index contributed by atoms with van der Waals surface area (Å²) in [6.07, 6.45) is 3.78. The Bertz CT molecular complexity index is 105. The molecule has 0 aromatic rings. The molecule has 0 amide bonds. The van der Waals surface area contributed by atoms with Gasteiger partial charge >= 0.3 is 0 Å². The maximum Gasteiger partial charge on any atom is 0.106 e. The Morgan fingerprint density at radius 3 is 2.00 bits per heavy atom. The van der Waals surface area contributed by atoms with E-state index in [1.54, 1.807) is 12.5 Å². The lowest BCUT2D eigenvalue weighted by Gasteiger charge is -2.17. The number of hydrogen-bond acceptors (Lipinski definition) is 2. The molecule has 0 aromatic carbocycles. The summed E-state index contributed by atoms with van der Waals surface area (Å²) in [7, 11) is -2.20. The van der Waals surface area contributed by atoms with Crippen LogP contribution in [0.4, 0.5) is 0 Å². The molecular formula is C5H14O2S. The molecule has 0 fully saturated rings. The van der Waals surface area contributed by atoms with Gasteiger partial charge in [0.15, 0.2) is 0 Å². The standard InChI is InChI=1S/C5H14O2S/c1-4-5(6)8(2,3)7/h5-6,8H,4H2,1-3H3. The summed E-state index contributed by atoms with van der Waals surface area (Å²) in [4.78, 5) is 0. The summed E-state index contributed by atoms with van der Waals surface area (Å²) in [5.74, 6) is 0. The van der Waals surface area contributed by atoms with Gasteiger partial charge in [-0.15, -0.1) is 0 Å². The molecule has 8 heavy (non-hydrogen) atoms. The van der Waals surface area contributed by atoms with E-state index in [0.717, 1.165) is 0 Å². The highest BCUT2D eigenvalue weighted by Crippen LogP contribution is 2.04. The lowest BCUT2D eigenvalue weighted by Crippen LogP contribution is -2.24. The van der Waals surface area contributed by atoms with Gasteiger partial charge in [0.1, 0.15) is 5.44 Å². The molecule has 2 nitrogen and oxygen atoms in total. The van der Waals surface area contributed by atoms with E-state index in [1.807, 2.05) is 6.92 Å². The van der Waals surface area contributed by atoms with Crippen LogP contribution in [-0.4, -0.2) is 27.3 Å². The second kappa shape index (κ2) is 2.60. The van der Waals surface area contributed by atoms with Crippen molar-refractivity contribution in [3.63, 3.8) is 0 Å². The Balaban J connectivity index is 3.82. The zero-order valence-corrected chi connectivity index (χ0v) is 6.48. The summed E-state index contributed by atoms with van der Waals surface area (Å²) in [6.45, 7) is 1.82. The number of hydrogen-bond donors (Lipinski definition) is 2. The van der Waals surface area contributed by atoms with Crippen molar-refractivity contribution in [2.45, 2.75) is 18.8 Å². The molecular weight excluding hydrogens is 124 g/mol. The quantitative estimate of drug-likeness (QED) is 0.527. The molecule has 0 radical (unpaired) electrons. The van der Waals surface area contributed by atoms with Gasteiger partial charge in [-0.25, -0.2) is 0 Å². The average molecular weight is 138 g/mol. The lowest BCUT2D eigenvalue weighted by molar-refractivity contribution is 0.250. The third-order valence-corrected chi connectivity index (χ3v) is 2.88. The minimum absolute atomic E-state index is 0.588. The first kappa shape index (κ1) is 8.11. The fourth-order valence-corrected chi connectivity index (χ4v) is 1.32. The highest BCUT2D eigenvalue weighted by atomic mass is 32.2. The average Bonchev–Trinajstić information content (AvgIpc) is 1.62. The minimum Gasteiger partial charge on any atom is -0.382 e. The molecule has 3 heteroatoms. The second-order valence-corrected chi connectivity index (χ2v) is 5.79. The van der Waals surface area contributed by atoms with Crippen molar-refractivity contribution in [1.29, 1.82) is 0 Å². The molecule has 0 saturated heterocycles. The molecule has 0 rings (SSSR count). The van der Waals surface area contributed by atoms with Crippen molar-refractivity contribution in [3.05, 3.63) is 0 Å². The van der Waals surface area contributed by atoms with Gasteiger partial charge < -0.3 is 5.11 Å². The summed E-state index contributed by atoms with van der Waals surface area (Å²) in [6, 6.07) is 0. The molecule has 0 bridgehead atoms. The SMILES string of the molecule is CCC(O)[SH](C)(C)=O. The van der Waals surface area contributed by atoms with Gasteiger partial charge in [-0.1, -0.05) is 16.9 Å². The molecule has 0 heterocycles. The van der Waals surface area contributed by atoms with E-state index >= 15 is 0 Å². The first-order valence-corrected chi connectivity index (χ1v) is 5.38. The van der Waals surface area contributed by atoms with Crippen molar-refractivity contribution >= 4 is 9.93 Å². The van der Waals surface area contributed by atoms with Crippen molar-refractivity contribution < 1.29 is 9.32 Å². The van der Waals surface area contributed by atoms with Gasteiger partial charge in [0.05, 0.1) is 0 Å². The van der Waals surface area contributed by atoms with Crippen LogP contribution in [-0.2, 0) is 9.93 Å². The van der Waals surface area contributed by atoms with E-state index in [9.17, 15) is 4.21 Å². The maximum absolute atomic E-state index is 10.9. The second-order valence-electron chi connectivity index (χ2n) is 2.32. The minimum atomic E-state index is -2.20. The Kier molecular flexibility index (Phi) is 2.63. The largest absolute Gasteiger partial charge is 0.382 e. The van der Waals surface area contributed by atoms with Crippen LogP contribution in [0.3, 0.4) is 0 Å². The summed E-state index contributed by atoms with van der Waals surface area (Å²) in [5, 5.41) is 8.93. The van der Waals surface area contributed by atoms with Crippen molar-refractivity contribution in [1.82, 2.24) is 0 Å². The Morgan fingerprint density at radius 1 is 1.62 bits per heavy atom. The third-order valence-electron chi connectivity index (χ3n) is 1.08. The summed E-state index contributed by atoms with van der Waals surface area (Å²) < 4.78 is 10.9. The van der Waals surface area contributed by atoms with Gasteiger partial charge in [0.2, 0.25) is 0 Å². The monoisotopic (exact) mass is 138 g/mol. The number of rotatable bonds is 2. The van der Waals surface area contributed by atoms with Crippen molar-refractivity contribution in [2.75, 3.05) is 12.5 Å². The smallest absolute Gasteiger partial charge is 0.106 e. The molecule has 1 N–H and O–H groups in total. The molecule has 0 aliphatic carbocycles. The predicted octanol–water partition coefficient (Wildman–Crippen LogP) is -0.00890. The molecule has 0 aliphatic rings. The lowest BCUT2D eigenvalue weighted by atomic mass is 10.5.